The van der Waals surface area contributed by atoms with E-state index in [1.165, 1.54) is 12.1 Å². The van der Waals surface area contributed by atoms with Crippen molar-refractivity contribution in [3.8, 4) is 0 Å². The highest BCUT2D eigenvalue weighted by atomic mass is 16.6. The molecule has 1 saturated heterocycles. The van der Waals surface area contributed by atoms with Crippen molar-refractivity contribution < 1.29 is 24.0 Å². The third-order valence-electron chi connectivity index (χ3n) is 5.16. The average Bonchev–Trinajstić information content (AvgIpc) is 2.73. The molecule has 31 heavy (non-hydrogen) atoms. The summed E-state index contributed by atoms with van der Waals surface area (Å²) in [7, 11) is 0. The highest BCUT2D eigenvalue weighted by Gasteiger charge is 2.36. The van der Waals surface area contributed by atoms with Gasteiger partial charge in [-0.25, -0.2) is 9.78 Å². The maximum absolute atomic E-state index is 13.1. The Hall–Kier alpha value is -3.73. The first-order valence-electron chi connectivity index (χ1n) is 9.68. The molecule has 0 spiro atoms. The number of rotatable bonds is 4. The molecule has 1 fully saturated rings. The first-order valence-corrected chi connectivity index (χ1v) is 9.68. The molecule has 2 aliphatic heterocycles. The molecule has 162 valence electrons. The van der Waals surface area contributed by atoms with Gasteiger partial charge in [0.15, 0.2) is 0 Å². The van der Waals surface area contributed by atoms with Crippen molar-refractivity contribution in [2.75, 3.05) is 41.8 Å². The fraction of sp³-hybridized carbons (Fsp3) is 0.350. The Labute approximate surface area is 177 Å². The summed E-state index contributed by atoms with van der Waals surface area (Å²) >= 11 is 0. The van der Waals surface area contributed by atoms with Crippen LogP contribution in [0.4, 0.5) is 27.7 Å². The number of pyridine rings is 1. The number of nitrogens with zero attached hydrogens (tertiary/aromatic N) is 3. The first kappa shape index (κ1) is 20.5. The van der Waals surface area contributed by atoms with Crippen molar-refractivity contribution in [1.29, 1.82) is 0 Å². The predicted molar refractivity (Wildman–Crippen MR) is 111 cm³/mol. The van der Waals surface area contributed by atoms with Crippen LogP contribution < -0.4 is 15.5 Å². The maximum atomic E-state index is 13.1. The molecule has 0 bridgehead atoms. The van der Waals surface area contributed by atoms with Crippen molar-refractivity contribution in [2.45, 2.75) is 19.4 Å². The topological polar surface area (TPSA) is 136 Å². The van der Waals surface area contributed by atoms with Crippen molar-refractivity contribution in [1.82, 2.24) is 4.98 Å². The molecule has 3 heterocycles. The molecule has 4 rings (SSSR count). The third-order valence-corrected chi connectivity index (χ3v) is 5.16. The number of carbonyl (C=O) groups is 2. The van der Waals surface area contributed by atoms with E-state index >= 15 is 0 Å². The molecule has 2 amide bonds. The Bertz CT molecular complexity index is 1060. The fourth-order valence-electron chi connectivity index (χ4n) is 3.65. The minimum Gasteiger partial charge on any atom is -0.438 e. The lowest BCUT2D eigenvalue weighted by Gasteiger charge is -2.32. The number of nitro groups is 1. The second kappa shape index (κ2) is 7.84. The van der Waals surface area contributed by atoms with Crippen LogP contribution >= 0.6 is 0 Å². The summed E-state index contributed by atoms with van der Waals surface area (Å²) in [4.78, 5) is 42.2. The van der Waals surface area contributed by atoms with Crippen LogP contribution in [0.2, 0.25) is 0 Å². The number of morpholine rings is 1. The molecule has 0 aliphatic carbocycles. The number of nitrogens with one attached hydrogen (secondary N) is 2. The molecule has 2 aliphatic rings. The van der Waals surface area contributed by atoms with Gasteiger partial charge in [0.25, 0.3) is 11.6 Å². The van der Waals surface area contributed by atoms with Gasteiger partial charge in [0, 0.05) is 30.9 Å². The summed E-state index contributed by atoms with van der Waals surface area (Å²) < 4.78 is 10.6. The Morgan fingerprint density at radius 2 is 2.06 bits per heavy atom. The number of hydrogen-bond acceptors (Lipinski definition) is 8. The van der Waals surface area contributed by atoms with E-state index < -0.39 is 22.5 Å². The third kappa shape index (κ3) is 3.99. The van der Waals surface area contributed by atoms with Gasteiger partial charge in [-0.3, -0.25) is 20.2 Å². The number of ether oxygens (including phenoxy) is 2. The van der Waals surface area contributed by atoms with E-state index in [1.54, 1.807) is 32.2 Å². The second-order valence-electron chi connectivity index (χ2n) is 7.62. The smallest absolute Gasteiger partial charge is 0.412 e. The standard InChI is InChI=1S/C20H21N5O6/c1-20(2)13-10-15(16(25(28)29)11-14(13)23-19(27)31-20)22-18(26)12-4-3-5-21-17(12)24-6-8-30-9-7-24/h3-5,10-11H,6-9H2,1-2H3,(H,22,26)(H,23,27). The van der Waals surface area contributed by atoms with Gasteiger partial charge in [0.2, 0.25) is 0 Å². The van der Waals surface area contributed by atoms with Crippen LogP contribution in [-0.4, -0.2) is 48.2 Å². The molecule has 1 aromatic carbocycles. The van der Waals surface area contributed by atoms with Crippen LogP contribution in [0.5, 0.6) is 0 Å². The molecule has 11 nitrogen and oxygen atoms in total. The Balaban J connectivity index is 1.71. The normalized spacial score (nSPS) is 17.2. The van der Waals surface area contributed by atoms with E-state index in [9.17, 15) is 19.7 Å². The zero-order valence-corrected chi connectivity index (χ0v) is 17.0. The minimum absolute atomic E-state index is 0.00152. The van der Waals surface area contributed by atoms with Gasteiger partial charge in [-0.1, -0.05) is 0 Å². The molecule has 0 radical (unpaired) electrons. The Morgan fingerprint density at radius 3 is 2.77 bits per heavy atom. The molecule has 11 heteroatoms. The predicted octanol–water partition coefficient (Wildman–Crippen LogP) is 2.88. The summed E-state index contributed by atoms with van der Waals surface area (Å²) in [6, 6.07) is 5.92. The lowest BCUT2D eigenvalue weighted by Crippen LogP contribution is -2.38. The first-order chi connectivity index (χ1) is 14.8. The molecule has 0 unspecified atom stereocenters. The monoisotopic (exact) mass is 427 g/mol. The van der Waals surface area contributed by atoms with E-state index in [1.807, 2.05) is 4.90 Å². The Morgan fingerprint density at radius 1 is 1.32 bits per heavy atom. The summed E-state index contributed by atoms with van der Waals surface area (Å²) in [6.45, 7) is 5.55. The second-order valence-corrected chi connectivity index (χ2v) is 7.62. The minimum atomic E-state index is -1.03. The van der Waals surface area contributed by atoms with Gasteiger partial charge >= 0.3 is 6.09 Å². The van der Waals surface area contributed by atoms with Crippen molar-refractivity contribution in [3.63, 3.8) is 0 Å². The zero-order chi connectivity index (χ0) is 22.2. The number of hydrogen-bond donors (Lipinski definition) is 2. The van der Waals surface area contributed by atoms with E-state index in [0.29, 0.717) is 43.2 Å². The van der Waals surface area contributed by atoms with E-state index in [4.69, 9.17) is 9.47 Å². The number of cyclic esters (lactones) is 1. The SMILES string of the molecule is CC1(C)OC(=O)Nc2cc([N+](=O)[O-])c(NC(=O)c3cccnc3N3CCOCC3)cc21. The summed E-state index contributed by atoms with van der Waals surface area (Å²) in [5.74, 6) is -0.0453. The quantitative estimate of drug-likeness (QED) is 0.561. The lowest BCUT2D eigenvalue weighted by molar-refractivity contribution is -0.383. The lowest BCUT2D eigenvalue weighted by atomic mass is 9.93. The molecular weight excluding hydrogens is 406 g/mol. The van der Waals surface area contributed by atoms with Gasteiger partial charge in [0.05, 0.1) is 29.4 Å². The van der Waals surface area contributed by atoms with Crippen LogP contribution in [-0.2, 0) is 15.1 Å². The zero-order valence-electron chi connectivity index (χ0n) is 17.0. The summed E-state index contributed by atoms with van der Waals surface area (Å²) in [5, 5.41) is 16.8. The molecular formula is C20H21N5O6. The van der Waals surface area contributed by atoms with Gasteiger partial charge in [-0.2, -0.15) is 0 Å². The number of anilines is 3. The van der Waals surface area contributed by atoms with Crippen LogP contribution in [0.15, 0.2) is 30.5 Å². The van der Waals surface area contributed by atoms with Crippen molar-refractivity contribution >= 4 is 34.9 Å². The molecule has 2 aromatic rings. The van der Waals surface area contributed by atoms with E-state index in [0.717, 1.165) is 0 Å². The number of benzene rings is 1. The van der Waals surface area contributed by atoms with Gasteiger partial charge in [-0.05, 0) is 32.0 Å². The van der Waals surface area contributed by atoms with E-state index in [2.05, 4.69) is 15.6 Å². The fourth-order valence-corrected chi connectivity index (χ4v) is 3.65. The van der Waals surface area contributed by atoms with Crippen LogP contribution in [0.1, 0.15) is 29.8 Å². The average molecular weight is 427 g/mol. The molecule has 2 N–H and O–H groups in total. The maximum Gasteiger partial charge on any atom is 0.412 e. The van der Waals surface area contributed by atoms with Gasteiger partial charge in [-0.15, -0.1) is 0 Å². The number of carbonyl (C=O) groups excluding carboxylic acids is 2. The number of fused-ring (bicyclic) bond motifs is 1. The van der Waals surface area contributed by atoms with Crippen LogP contribution in [0, 0.1) is 10.1 Å². The molecule has 0 atom stereocenters. The highest BCUT2D eigenvalue weighted by molar-refractivity contribution is 6.09. The number of aromatic nitrogens is 1. The molecule has 1 aromatic heterocycles. The van der Waals surface area contributed by atoms with Crippen molar-refractivity contribution in [2.24, 2.45) is 0 Å². The van der Waals surface area contributed by atoms with Gasteiger partial charge < -0.3 is 19.7 Å². The van der Waals surface area contributed by atoms with E-state index in [-0.39, 0.29) is 17.1 Å². The Kier molecular flexibility index (Phi) is 5.19. The highest BCUT2D eigenvalue weighted by Crippen LogP contribution is 2.41. The van der Waals surface area contributed by atoms with Crippen LogP contribution in [0.25, 0.3) is 0 Å². The largest absolute Gasteiger partial charge is 0.438 e. The van der Waals surface area contributed by atoms with Crippen LogP contribution in [0.3, 0.4) is 0 Å². The summed E-state index contributed by atoms with van der Waals surface area (Å²) in [6.07, 6.45) is 0.889. The van der Waals surface area contributed by atoms with Crippen molar-refractivity contribution in [3.05, 3.63) is 51.7 Å². The number of nitro benzene ring substituents is 1. The van der Waals surface area contributed by atoms with Gasteiger partial charge in [0.1, 0.15) is 17.1 Å². The summed E-state index contributed by atoms with van der Waals surface area (Å²) in [5.41, 5.74) is -0.311. The number of amides is 2. The molecule has 0 saturated carbocycles.